The third-order valence-corrected chi connectivity index (χ3v) is 11.5. The summed E-state index contributed by atoms with van der Waals surface area (Å²) in [5, 5.41) is 27.9. The Morgan fingerprint density at radius 3 is 1.45 bits per heavy atom. The summed E-state index contributed by atoms with van der Waals surface area (Å²) >= 11 is 0. The number of phosphoric acid groups is 1. The molecule has 62 heavy (non-hydrogen) atoms. The van der Waals surface area contributed by atoms with E-state index >= 15 is 0 Å². The van der Waals surface area contributed by atoms with Gasteiger partial charge in [-0.05, 0) is 63.7 Å². The Morgan fingerprint density at radius 2 is 0.968 bits per heavy atom. The summed E-state index contributed by atoms with van der Waals surface area (Å²) in [6.07, 6.45) is 44.6. The molecule has 11 nitrogen and oxygen atoms in total. The molecule has 0 saturated heterocycles. The number of carbonyl (C=O) groups excluding carboxylic acids is 2. The predicted molar refractivity (Wildman–Crippen MR) is 253 cm³/mol. The van der Waals surface area contributed by atoms with Crippen LogP contribution in [0.25, 0.3) is 0 Å². The molecule has 0 heterocycles. The molecule has 0 saturated carbocycles. The van der Waals surface area contributed by atoms with E-state index in [9.17, 15) is 29.3 Å². The average Bonchev–Trinajstić information content (AvgIpc) is 3.25. The summed E-state index contributed by atoms with van der Waals surface area (Å²) < 4.78 is 32.7. The molecule has 4 N–H and O–H groups in total. The number of carbonyl (C=O) groups is 2. The van der Waals surface area contributed by atoms with Crippen LogP contribution in [0.2, 0.25) is 0 Å². The van der Waals surface area contributed by atoms with Crippen molar-refractivity contribution in [2.24, 2.45) is 5.92 Å². The highest BCUT2D eigenvalue weighted by Crippen LogP contribution is 2.43. The van der Waals surface area contributed by atoms with Gasteiger partial charge >= 0.3 is 19.8 Å². The molecule has 0 aliphatic carbocycles. The van der Waals surface area contributed by atoms with E-state index in [0.29, 0.717) is 19.3 Å². The van der Waals surface area contributed by atoms with Gasteiger partial charge in [-0.1, -0.05) is 185 Å². The van der Waals surface area contributed by atoms with Crippen molar-refractivity contribution in [1.29, 1.82) is 0 Å². The van der Waals surface area contributed by atoms with Crippen molar-refractivity contribution in [3.8, 4) is 0 Å². The van der Waals surface area contributed by atoms with Crippen molar-refractivity contribution < 1.29 is 52.9 Å². The zero-order valence-electron chi connectivity index (χ0n) is 39.4. The number of esters is 2. The van der Waals surface area contributed by atoms with Crippen molar-refractivity contribution in [2.45, 2.75) is 225 Å². The second kappa shape index (κ2) is 44.1. The third kappa shape index (κ3) is 44.5. The highest BCUT2D eigenvalue weighted by atomic mass is 31.2. The largest absolute Gasteiger partial charge is 0.472 e. The highest BCUT2D eigenvalue weighted by Gasteiger charge is 2.27. The van der Waals surface area contributed by atoms with Crippen molar-refractivity contribution in [3.63, 3.8) is 0 Å². The molecule has 0 spiro atoms. The molecule has 1 unspecified atom stereocenters. The van der Waals surface area contributed by atoms with E-state index in [4.69, 9.17) is 23.6 Å². The minimum Gasteiger partial charge on any atom is -0.462 e. The summed E-state index contributed by atoms with van der Waals surface area (Å²) in [7, 11) is -4.64. The van der Waals surface area contributed by atoms with Crippen LogP contribution in [0.15, 0.2) is 48.6 Å². The van der Waals surface area contributed by atoms with Gasteiger partial charge < -0.3 is 29.7 Å². The topological polar surface area (TPSA) is 169 Å². The minimum absolute atomic E-state index is 0.0953. The minimum atomic E-state index is -4.64. The first-order valence-electron chi connectivity index (χ1n) is 24.5. The molecule has 0 rings (SSSR count). The third-order valence-electron chi connectivity index (χ3n) is 10.6. The number of hydrogen-bond donors (Lipinski definition) is 4. The number of aliphatic hydroxyl groups excluding tert-OH is 3. The van der Waals surface area contributed by atoms with Gasteiger partial charge in [0.25, 0.3) is 0 Å². The number of allylic oxidation sites excluding steroid dienone is 8. The van der Waals surface area contributed by atoms with Gasteiger partial charge in [0.15, 0.2) is 6.10 Å². The lowest BCUT2D eigenvalue weighted by Crippen LogP contribution is -2.29. The summed E-state index contributed by atoms with van der Waals surface area (Å²) in [6, 6.07) is 0. The van der Waals surface area contributed by atoms with Crippen LogP contribution in [-0.2, 0) is 32.7 Å². The maximum Gasteiger partial charge on any atom is 0.472 e. The second-order valence-corrected chi connectivity index (χ2v) is 18.6. The Bertz CT molecular complexity index is 1200. The molecular formula is C50H91O11P. The zero-order chi connectivity index (χ0) is 45.8. The smallest absolute Gasteiger partial charge is 0.462 e. The molecule has 0 amide bonds. The number of hydrogen-bond acceptors (Lipinski definition) is 10. The van der Waals surface area contributed by atoms with E-state index < -0.39 is 51.8 Å². The number of rotatable bonds is 45. The maximum absolute atomic E-state index is 12.6. The highest BCUT2D eigenvalue weighted by molar-refractivity contribution is 7.47. The van der Waals surface area contributed by atoms with Crippen LogP contribution in [0.3, 0.4) is 0 Å². The molecule has 0 fully saturated rings. The van der Waals surface area contributed by atoms with E-state index in [2.05, 4.69) is 50.3 Å². The van der Waals surface area contributed by atoms with Crippen molar-refractivity contribution >= 4 is 19.8 Å². The molecule has 12 heteroatoms. The summed E-state index contributed by atoms with van der Waals surface area (Å²) in [5.41, 5.74) is 0. The number of phosphoric ester groups is 1. The lowest BCUT2D eigenvalue weighted by atomic mass is 10.0. The maximum atomic E-state index is 12.6. The Labute approximate surface area is 377 Å². The molecule has 0 aliphatic rings. The fraction of sp³-hybridized carbons (Fsp3) is 0.800. The van der Waals surface area contributed by atoms with E-state index in [-0.39, 0.29) is 25.6 Å². The van der Waals surface area contributed by atoms with Crippen LogP contribution in [0.1, 0.15) is 207 Å². The molecule has 0 aromatic rings. The van der Waals surface area contributed by atoms with Gasteiger partial charge in [-0.2, -0.15) is 0 Å². The zero-order valence-corrected chi connectivity index (χ0v) is 40.3. The molecule has 4 atom stereocenters. The van der Waals surface area contributed by atoms with Gasteiger partial charge in [-0.3, -0.25) is 18.6 Å². The van der Waals surface area contributed by atoms with Crippen LogP contribution >= 0.6 is 7.82 Å². The average molecular weight is 899 g/mol. The Hall–Kier alpha value is -2.11. The monoisotopic (exact) mass is 899 g/mol. The van der Waals surface area contributed by atoms with Crippen LogP contribution in [-0.4, -0.2) is 76.9 Å². The Kier molecular flexibility index (Phi) is 42.6. The van der Waals surface area contributed by atoms with Crippen molar-refractivity contribution in [1.82, 2.24) is 0 Å². The van der Waals surface area contributed by atoms with E-state index in [0.717, 1.165) is 63.7 Å². The number of aliphatic hydroxyl groups is 3. The van der Waals surface area contributed by atoms with Crippen LogP contribution in [0, 0.1) is 5.92 Å². The van der Waals surface area contributed by atoms with Crippen LogP contribution in [0.5, 0.6) is 0 Å². The summed E-state index contributed by atoms with van der Waals surface area (Å²) in [4.78, 5) is 35.1. The second-order valence-electron chi connectivity index (χ2n) is 17.1. The number of ether oxygens (including phenoxy) is 2. The van der Waals surface area contributed by atoms with Gasteiger partial charge in [0.05, 0.1) is 25.9 Å². The Balaban J connectivity index is 4.27. The summed E-state index contributed by atoms with van der Waals surface area (Å²) in [6.45, 7) is 4.40. The van der Waals surface area contributed by atoms with Crippen molar-refractivity contribution in [2.75, 3.05) is 26.4 Å². The molecule has 0 bridgehead atoms. The number of unbranched alkanes of at least 4 members (excludes halogenated alkanes) is 18. The SMILES string of the molecule is CC[C@@H](O)CC/C=C\C/C=C\C/C=C\C/C=C\CCCC(=O)O[C@H](COC(=O)CCCCCCCCCCCCCCCCCCCCC(C)C)COP(=O)(O)OC[C@@H](O)CO. The van der Waals surface area contributed by atoms with E-state index in [1.54, 1.807) is 0 Å². The first-order chi connectivity index (χ1) is 30.0. The Morgan fingerprint density at radius 1 is 0.532 bits per heavy atom. The van der Waals surface area contributed by atoms with Crippen LogP contribution < -0.4 is 0 Å². The molecule has 0 aromatic carbocycles. The molecule has 0 aliphatic heterocycles. The first-order valence-corrected chi connectivity index (χ1v) is 26.0. The molecule has 0 radical (unpaired) electrons. The fourth-order valence-electron chi connectivity index (χ4n) is 6.62. The lowest BCUT2D eigenvalue weighted by molar-refractivity contribution is -0.161. The van der Waals surface area contributed by atoms with Crippen LogP contribution in [0.4, 0.5) is 0 Å². The quantitative estimate of drug-likeness (QED) is 0.0199. The van der Waals surface area contributed by atoms with Gasteiger partial charge in [0.1, 0.15) is 12.7 Å². The normalized spacial score (nSPS) is 14.7. The lowest BCUT2D eigenvalue weighted by Gasteiger charge is -2.20. The first kappa shape index (κ1) is 59.9. The van der Waals surface area contributed by atoms with Gasteiger partial charge in [-0.25, -0.2) is 4.57 Å². The molecule has 0 aromatic heterocycles. The van der Waals surface area contributed by atoms with Crippen molar-refractivity contribution in [3.05, 3.63) is 48.6 Å². The standard InChI is InChI=1S/C50H91O11P/c1-4-46(52)38-34-30-26-22-18-14-11-12-16-20-24-28-32-36-40-50(55)61-48(44-60-62(56,57)59-42-47(53)41-51)43-58-49(54)39-35-31-27-23-19-15-10-8-6-5-7-9-13-17-21-25-29-33-37-45(2)3/h12,14,16,18,24,26,28,30,45-48,51-53H,4-11,13,15,17,19-23,25,27,29,31-44H2,1-3H3,(H,56,57)/b16-12-,18-14-,28-24-,30-26-/t46-,47+,48-/m1/s1. The summed E-state index contributed by atoms with van der Waals surface area (Å²) in [5.74, 6) is -0.164. The van der Waals surface area contributed by atoms with Gasteiger partial charge in [-0.15, -0.1) is 0 Å². The predicted octanol–water partition coefficient (Wildman–Crippen LogP) is 12.5. The van der Waals surface area contributed by atoms with E-state index in [1.807, 2.05) is 19.1 Å². The van der Waals surface area contributed by atoms with E-state index in [1.165, 1.54) is 96.3 Å². The molecule has 362 valence electrons. The van der Waals surface area contributed by atoms with Gasteiger partial charge in [0, 0.05) is 12.8 Å². The molecular weight excluding hydrogens is 808 g/mol. The fourth-order valence-corrected chi connectivity index (χ4v) is 7.41. The van der Waals surface area contributed by atoms with Gasteiger partial charge in [0.2, 0.25) is 0 Å².